The Bertz CT molecular complexity index is 498. The molecule has 0 spiro atoms. The average Bonchev–Trinajstić information content (AvgIpc) is 2.74. The second-order valence-corrected chi connectivity index (χ2v) is 7.11. The fourth-order valence-electron chi connectivity index (χ4n) is 2.57. The molecule has 1 aromatic rings. The molecule has 2 heterocycles. The largest absolute Gasteiger partial charge is 0.317 e. The van der Waals surface area contributed by atoms with Gasteiger partial charge in [0.1, 0.15) is 0 Å². The summed E-state index contributed by atoms with van der Waals surface area (Å²) in [7, 11) is 2.15. The molecule has 21 heavy (non-hydrogen) atoms. The van der Waals surface area contributed by atoms with Crippen LogP contribution >= 0.6 is 11.3 Å². The molecule has 1 aliphatic heterocycles. The van der Waals surface area contributed by atoms with Crippen molar-refractivity contribution in [3.63, 3.8) is 0 Å². The Morgan fingerprint density at radius 1 is 1.48 bits per heavy atom. The molecule has 1 aromatic heterocycles. The van der Waals surface area contributed by atoms with Crippen molar-refractivity contribution in [2.45, 2.75) is 52.6 Å². The highest BCUT2D eigenvalue weighted by Crippen LogP contribution is 2.36. The zero-order valence-corrected chi connectivity index (χ0v) is 14.4. The molecule has 1 atom stereocenters. The Hall–Kier alpha value is -0.910. The van der Waals surface area contributed by atoms with Crippen molar-refractivity contribution in [2.75, 3.05) is 25.5 Å². The maximum atomic E-state index is 12.1. The van der Waals surface area contributed by atoms with Crippen molar-refractivity contribution in [3.8, 4) is 0 Å². The van der Waals surface area contributed by atoms with Gasteiger partial charge in [0.2, 0.25) is 5.91 Å². The van der Waals surface area contributed by atoms with Crippen molar-refractivity contribution < 1.29 is 4.79 Å². The number of hydrogen-bond acceptors (Lipinski definition) is 4. The van der Waals surface area contributed by atoms with Crippen molar-refractivity contribution in [3.05, 3.63) is 16.0 Å². The molecule has 1 amide bonds. The van der Waals surface area contributed by atoms with Crippen LogP contribution in [0.2, 0.25) is 0 Å². The van der Waals surface area contributed by atoms with E-state index < -0.39 is 0 Å². The summed E-state index contributed by atoms with van der Waals surface area (Å²) in [6.07, 6.45) is 2.72. The minimum Gasteiger partial charge on any atom is -0.317 e. The summed E-state index contributed by atoms with van der Waals surface area (Å²) >= 11 is 1.74. The zero-order valence-electron chi connectivity index (χ0n) is 13.6. The minimum atomic E-state index is 0.112. The van der Waals surface area contributed by atoms with Gasteiger partial charge in [-0.15, -0.1) is 11.3 Å². The topological polar surface area (TPSA) is 44.4 Å². The number of carbonyl (C=O) groups excluding carboxylic acids is 1. The van der Waals surface area contributed by atoms with Gasteiger partial charge in [0.25, 0.3) is 0 Å². The number of hydrogen-bond donors (Lipinski definition) is 2. The molecule has 5 heteroatoms. The van der Waals surface area contributed by atoms with E-state index in [0.29, 0.717) is 12.5 Å². The van der Waals surface area contributed by atoms with E-state index in [0.717, 1.165) is 37.5 Å². The van der Waals surface area contributed by atoms with Crippen LogP contribution in [0.3, 0.4) is 0 Å². The molecule has 0 saturated carbocycles. The lowest BCUT2D eigenvalue weighted by Crippen LogP contribution is -2.28. The number of likely N-dealkylation sites (N-methyl/N-ethyl adjacent to an activating group) is 1. The standard InChI is InChI=1S/C16H27N3OS/c1-5-11(2)17-8-6-15(20)18-16-12(3)13-7-9-19(4)10-14(13)21-16/h11,17H,5-10H2,1-4H3,(H,18,20)/t11-/m1/s1. The maximum Gasteiger partial charge on any atom is 0.226 e. The van der Waals surface area contributed by atoms with Gasteiger partial charge in [-0.2, -0.15) is 0 Å². The Morgan fingerprint density at radius 3 is 2.95 bits per heavy atom. The van der Waals surface area contributed by atoms with Gasteiger partial charge in [0.05, 0.1) is 5.00 Å². The third kappa shape index (κ3) is 4.28. The number of nitrogens with one attached hydrogen (secondary N) is 2. The van der Waals surface area contributed by atoms with E-state index in [2.05, 4.69) is 43.4 Å². The number of fused-ring (bicyclic) bond motifs is 1. The van der Waals surface area contributed by atoms with Gasteiger partial charge in [-0.1, -0.05) is 6.92 Å². The van der Waals surface area contributed by atoms with Crippen LogP contribution in [-0.2, 0) is 17.8 Å². The molecular weight excluding hydrogens is 282 g/mol. The highest BCUT2D eigenvalue weighted by atomic mass is 32.1. The Labute approximate surface area is 131 Å². The van der Waals surface area contributed by atoms with Gasteiger partial charge >= 0.3 is 0 Å². The summed E-state index contributed by atoms with van der Waals surface area (Å²) in [4.78, 5) is 15.8. The maximum absolute atomic E-state index is 12.1. The molecule has 0 bridgehead atoms. The first kappa shape index (κ1) is 16.5. The molecule has 2 N–H and O–H groups in total. The SMILES string of the molecule is CC[C@@H](C)NCCC(=O)Nc1sc2c(c1C)CCN(C)C2. The van der Waals surface area contributed by atoms with Gasteiger partial charge in [0, 0.05) is 37.0 Å². The molecule has 4 nitrogen and oxygen atoms in total. The molecule has 0 unspecified atom stereocenters. The molecule has 2 rings (SSSR count). The van der Waals surface area contributed by atoms with E-state index >= 15 is 0 Å². The van der Waals surface area contributed by atoms with E-state index in [1.165, 1.54) is 16.0 Å². The smallest absolute Gasteiger partial charge is 0.226 e. The number of rotatable bonds is 6. The Kier molecular flexibility index (Phi) is 5.79. The van der Waals surface area contributed by atoms with E-state index in [1.807, 2.05) is 0 Å². The second-order valence-electron chi connectivity index (χ2n) is 6.01. The lowest BCUT2D eigenvalue weighted by Gasteiger charge is -2.22. The second kappa shape index (κ2) is 7.38. The van der Waals surface area contributed by atoms with Crippen LogP contribution in [0.15, 0.2) is 0 Å². The fourth-order valence-corrected chi connectivity index (χ4v) is 3.92. The Morgan fingerprint density at radius 2 is 2.24 bits per heavy atom. The molecular formula is C16H27N3OS. The highest BCUT2D eigenvalue weighted by Gasteiger charge is 2.21. The number of nitrogens with zero attached hydrogens (tertiary/aromatic N) is 1. The first-order valence-corrected chi connectivity index (χ1v) is 8.65. The van der Waals surface area contributed by atoms with Crippen LogP contribution < -0.4 is 10.6 Å². The quantitative estimate of drug-likeness (QED) is 0.849. The predicted octanol–water partition coefficient (Wildman–Crippen LogP) is 2.76. The minimum absolute atomic E-state index is 0.112. The van der Waals surface area contributed by atoms with E-state index in [9.17, 15) is 4.79 Å². The monoisotopic (exact) mass is 309 g/mol. The first-order valence-electron chi connectivity index (χ1n) is 7.84. The van der Waals surface area contributed by atoms with Crippen LogP contribution in [0.25, 0.3) is 0 Å². The molecule has 0 fully saturated rings. The van der Waals surface area contributed by atoms with E-state index in [4.69, 9.17) is 0 Å². The van der Waals surface area contributed by atoms with Gasteiger partial charge in [0.15, 0.2) is 0 Å². The normalized spacial score (nSPS) is 16.6. The molecule has 1 aliphatic rings. The summed E-state index contributed by atoms with van der Waals surface area (Å²) in [5.41, 5.74) is 2.72. The van der Waals surface area contributed by atoms with Crippen molar-refractivity contribution in [2.24, 2.45) is 0 Å². The molecule has 0 radical (unpaired) electrons. The van der Waals surface area contributed by atoms with Crippen molar-refractivity contribution >= 4 is 22.2 Å². The Balaban J connectivity index is 1.90. The van der Waals surface area contributed by atoms with Gasteiger partial charge in [-0.05, 0) is 44.9 Å². The van der Waals surface area contributed by atoms with Crippen LogP contribution in [0.5, 0.6) is 0 Å². The lowest BCUT2D eigenvalue weighted by molar-refractivity contribution is -0.116. The number of thiophene rings is 1. The van der Waals surface area contributed by atoms with Crippen molar-refractivity contribution in [1.82, 2.24) is 10.2 Å². The first-order chi connectivity index (χ1) is 10.0. The highest BCUT2D eigenvalue weighted by molar-refractivity contribution is 7.16. The van der Waals surface area contributed by atoms with Gasteiger partial charge < -0.3 is 15.5 Å². The molecule has 0 aromatic carbocycles. The van der Waals surface area contributed by atoms with E-state index in [1.54, 1.807) is 11.3 Å². The van der Waals surface area contributed by atoms with E-state index in [-0.39, 0.29) is 5.91 Å². The van der Waals surface area contributed by atoms with Crippen LogP contribution in [0, 0.1) is 6.92 Å². The van der Waals surface area contributed by atoms with Gasteiger partial charge in [-0.3, -0.25) is 4.79 Å². The molecule has 118 valence electrons. The lowest BCUT2D eigenvalue weighted by atomic mass is 10.0. The zero-order chi connectivity index (χ0) is 15.4. The van der Waals surface area contributed by atoms with Gasteiger partial charge in [-0.25, -0.2) is 0 Å². The van der Waals surface area contributed by atoms with Crippen LogP contribution in [-0.4, -0.2) is 37.0 Å². The summed E-state index contributed by atoms with van der Waals surface area (Å²) < 4.78 is 0. The summed E-state index contributed by atoms with van der Waals surface area (Å²) in [5, 5.41) is 7.49. The fraction of sp³-hybridized carbons (Fsp3) is 0.688. The average molecular weight is 309 g/mol. The number of carbonyl (C=O) groups is 1. The predicted molar refractivity (Wildman–Crippen MR) is 90.1 cm³/mol. The third-order valence-corrected chi connectivity index (χ3v) is 5.46. The van der Waals surface area contributed by atoms with Crippen molar-refractivity contribution in [1.29, 1.82) is 0 Å². The summed E-state index contributed by atoms with van der Waals surface area (Å²) in [6.45, 7) is 9.28. The van der Waals surface area contributed by atoms with Crippen LogP contribution in [0.1, 0.15) is 42.7 Å². The number of anilines is 1. The van der Waals surface area contributed by atoms with Crippen LogP contribution in [0.4, 0.5) is 5.00 Å². The third-order valence-electron chi connectivity index (χ3n) is 4.22. The summed E-state index contributed by atoms with van der Waals surface area (Å²) in [6, 6.07) is 0.476. The summed E-state index contributed by atoms with van der Waals surface area (Å²) in [5.74, 6) is 0.112. The number of amides is 1. The molecule has 0 saturated heterocycles. The molecule has 0 aliphatic carbocycles.